The van der Waals surface area contributed by atoms with Crippen molar-refractivity contribution in [2.75, 3.05) is 13.1 Å². The largest absolute Gasteiger partial charge is 0.459 e. The summed E-state index contributed by atoms with van der Waals surface area (Å²) in [6, 6.07) is 9.25. The number of piperidine rings is 1. The van der Waals surface area contributed by atoms with E-state index in [4.69, 9.17) is 8.83 Å². The van der Waals surface area contributed by atoms with E-state index in [0.717, 1.165) is 12.8 Å². The molecule has 1 aliphatic heterocycles. The van der Waals surface area contributed by atoms with E-state index in [2.05, 4.69) is 10.2 Å². The fourth-order valence-electron chi connectivity index (χ4n) is 3.03. The minimum absolute atomic E-state index is 0.0191. The number of rotatable bonds is 3. The smallest absolute Gasteiger partial charge is 0.289 e. The molecule has 2 aromatic heterocycles. The summed E-state index contributed by atoms with van der Waals surface area (Å²) in [5.74, 6) is 0.712. The van der Waals surface area contributed by atoms with E-state index in [-0.39, 0.29) is 17.6 Å². The van der Waals surface area contributed by atoms with Gasteiger partial charge in [0, 0.05) is 18.7 Å². The third kappa shape index (κ3) is 3.17. The number of furan rings is 1. The number of benzene rings is 1. The van der Waals surface area contributed by atoms with Crippen LogP contribution in [0, 0.1) is 5.82 Å². The lowest BCUT2D eigenvalue weighted by molar-refractivity contribution is 0.0666. The highest BCUT2D eigenvalue weighted by Crippen LogP contribution is 2.29. The molecule has 1 aromatic carbocycles. The SMILES string of the molecule is O=C(c1ccco1)N1CCCC(c2nnc(-c3ccc(F)cc3)o2)C1. The third-order valence-corrected chi connectivity index (χ3v) is 4.32. The van der Waals surface area contributed by atoms with Crippen molar-refractivity contribution in [1.29, 1.82) is 0 Å². The molecule has 1 unspecified atom stereocenters. The molecule has 25 heavy (non-hydrogen) atoms. The molecule has 3 aromatic rings. The van der Waals surface area contributed by atoms with Gasteiger partial charge < -0.3 is 13.7 Å². The monoisotopic (exact) mass is 341 g/mol. The Balaban J connectivity index is 1.50. The molecule has 1 saturated heterocycles. The van der Waals surface area contributed by atoms with Gasteiger partial charge in [-0.15, -0.1) is 10.2 Å². The predicted molar refractivity (Wildman–Crippen MR) is 86.3 cm³/mol. The second kappa shape index (κ2) is 6.51. The molecule has 6 nitrogen and oxygen atoms in total. The van der Waals surface area contributed by atoms with E-state index in [1.807, 2.05) is 0 Å². The lowest BCUT2D eigenvalue weighted by Crippen LogP contribution is -2.39. The van der Waals surface area contributed by atoms with Gasteiger partial charge >= 0.3 is 0 Å². The number of nitrogens with zero attached hydrogens (tertiary/aromatic N) is 3. The molecule has 0 bridgehead atoms. The predicted octanol–water partition coefficient (Wildman–Crippen LogP) is 3.49. The molecule has 1 atom stereocenters. The van der Waals surface area contributed by atoms with Crippen molar-refractivity contribution < 1.29 is 18.0 Å². The zero-order valence-electron chi connectivity index (χ0n) is 13.4. The van der Waals surface area contributed by atoms with Gasteiger partial charge in [-0.3, -0.25) is 4.79 Å². The average molecular weight is 341 g/mol. The number of hydrogen-bond donors (Lipinski definition) is 0. The Kier molecular flexibility index (Phi) is 4.05. The molecular formula is C18H16FN3O3. The standard InChI is InChI=1S/C18H16FN3O3/c19-14-7-5-12(6-8-14)16-20-21-17(25-16)13-3-1-9-22(11-13)18(23)15-4-2-10-24-15/h2,4-8,10,13H,1,3,9,11H2. The Hall–Kier alpha value is -2.96. The van der Waals surface area contributed by atoms with E-state index < -0.39 is 0 Å². The lowest BCUT2D eigenvalue weighted by Gasteiger charge is -2.30. The quantitative estimate of drug-likeness (QED) is 0.729. The zero-order chi connectivity index (χ0) is 17.2. The van der Waals surface area contributed by atoms with Crippen LogP contribution in [-0.2, 0) is 0 Å². The first-order valence-electron chi connectivity index (χ1n) is 8.13. The van der Waals surface area contributed by atoms with Crippen LogP contribution in [0.3, 0.4) is 0 Å². The topological polar surface area (TPSA) is 72.4 Å². The van der Waals surface area contributed by atoms with Crippen LogP contribution in [0.5, 0.6) is 0 Å². The minimum atomic E-state index is -0.317. The van der Waals surface area contributed by atoms with Gasteiger partial charge in [0.25, 0.3) is 5.91 Å². The summed E-state index contributed by atoms with van der Waals surface area (Å²) in [5, 5.41) is 8.17. The molecule has 1 amide bonds. The highest BCUT2D eigenvalue weighted by Gasteiger charge is 2.30. The highest BCUT2D eigenvalue weighted by atomic mass is 19.1. The second-order valence-electron chi connectivity index (χ2n) is 6.02. The van der Waals surface area contributed by atoms with Crippen molar-refractivity contribution in [3.05, 3.63) is 60.1 Å². The number of likely N-dealkylation sites (tertiary alicyclic amines) is 1. The number of hydrogen-bond acceptors (Lipinski definition) is 5. The van der Waals surface area contributed by atoms with Gasteiger partial charge in [-0.2, -0.15) is 0 Å². The average Bonchev–Trinajstić information content (AvgIpc) is 3.34. The molecular weight excluding hydrogens is 325 g/mol. The number of aromatic nitrogens is 2. The van der Waals surface area contributed by atoms with Gasteiger partial charge in [0.05, 0.1) is 12.2 Å². The molecule has 1 aliphatic rings. The lowest BCUT2D eigenvalue weighted by atomic mass is 9.98. The van der Waals surface area contributed by atoms with Crippen LogP contribution in [0.4, 0.5) is 4.39 Å². The first kappa shape index (κ1) is 15.6. The zero-order valence-corrected chi connectivity index (χ0v) is 13.4. The highest BCUT2D eigenvalue weighted by molar-refractivity contribution is 5.91. The van der Waals surface area contributed by atoms with Crippen LogP contribution in [0.2, 0.25) is 0 Å². The summed E-state index contributed by atoms with van der Waals surface area (Å²) in [5.41, 5.74) is 0.666. The molecule has 0 aliphatic carbocycles. The van der Waals surface area contributed by atoms with E-state index in [1.165, 1.54) is 18.4 Å². The Morgan fingerprint density at radius 2 is 2.04 bits per heavy atom. The summed E-state index contributed by atoms with van der Waals surface area (Å²) in [6.07, 6.45) is 3.21. The number of amides is 1. The Morgan fingerprint density at radius 3 is 2.80 bits per heavy atom. The molecule has 0 N–H and O–H groups in total. The first-order valence-corrected chi connectivity index (χ1v) is 8.13. The summed E-state index contributed by atoms with van der Waals surface area (Å²) in [6.45, 7) is 1.18. The van der Waals surface area contributed by atoms with Gasteiger partial charge in [-0.1, -0.05) is 0 Å². The Morgan fingerprint density at radius 1 is 1.20 bits per heavy atom. The normalized spacial score (nSPS) is 17.6. The molecule has 1 fully saturated rings. The van der Waals surface area contributed by atoms with Crippen molar-refractivity contribution in [3.63, 3.8) is 0 Å². The Bertz CT molecular complexity index is 858. The Labute approximate surface area is 143 Å². The van der Waals surface area contributed by atoms with Gasteiger partial charge in [-0.25, -0.2) is 4.39 Å². The summed E-state index contributed by atoms with van der Waals surface area (Å²) in [7, 11) is 0. The number of halogens is 1. The molecule has 7 heteroatoms. The van der Waals surface area contributed by atoms with Gasteiger partial charge in [0.2, 0.25) is 11.8 Å². The second-order valence-corrected chi connectivity index (χ2v) is 6.02. The van der Waals surface area contributed by atoms with Crippen molar-refractivity contribution >= 4 is 5.91 Å². The van der Waals surface area contributed by atoms with E-state index >= 15 is 0 Å². The summed E-state index contributed by atoms with van der Waals surface area (Å²) in [4.78, 5) is 14.2. The maximum Gasteiger partial charge on any atom is 0.289 e. The number of carbonyl (C=O) groups is 1. The minimum Gasteiger partial charge on any atom is -0.459 e. The molecule has 3 heterocycles. The first-order chi connectivity index (χ1) is 12.2. The fourth-order valence-corrected chi connectivity index (χ4v) is 3.03. The van der Waals surface area contributed by atoms with Crippen LogP contribution < -0.4 is 0 Å². The van der Waals surface area contributed by atoms with E-state index in [0.29, 0.717) is 36.2 Å². The van der Waals surface area contributed by atoms with E-state index in [1.54, 1.807) is 29.2 Å². The van der Waals surface area contributed by atoms with Crippen LogP contribution in [0.15, 0.2) is 51.5 Å². The van der Waals surface area contributed by atoms with Gasteiger partial charge in [0.15, 0.2) is 5.76 Å². The van der Waals surface area contributed by atoms with E-state index in [9.17, 15) is 9.18 Å². The molecule has 0 saturated carbocycles. The van der Waals surface area contributed by atoms with Crippen LogP contribution >= 0.6 is 0 Å². The van der Waals surface area contributed by atoms with Crippen LogP contribution in [0.25, 0.3) is 11.5 Å². The van der Waals surface area contributed by atoms with Crippen molar-refractivity contribution in [2.45, 2.75) is 18.8 Å². The number of carbonyl (C=O) groups excluding carboxylic acids is 1. The molecule has 128 valence electrons. The van der Waals surface area contributed by atoms with Crippen molar-refractivity contribution in [2.24, 2.45) is 0 Å². The third-order valence-electron chi connectivity index (χ3n) is 4.32. The van der Waals surface area contributed by atoms with Crippen LogP contribution in [-0.4, -0.2) is 34.1 Å². The fraction of sp³-hybridized carbons (Fsp3) is 0.278. The van der Waals surface area contributed by atoms with Crippen molar-refractivity contribution in [3.8, 4) is 11.5 Å². The molecule has 0 radical (unpaired) electrons. The van der Waals surface area contributed by atoms with Gasteiger partial charge in [-0.05, 0) is 49.2 Å². The van der Waals surface area contributed by atoms with Crippen molar-refractivity contribution in [1.82, 2.24) is 15.1 Å². The summed E-state index contributed by atoms with van der Waals surface area (Å²) < 4.78 is 24.0. The van der Waals surface area contributed by atoms with Crippen LogP contribution in [0.1, 0.15) is 35.2 Å². The maximum absolute atomic E-state index is 13.0. The maximum atomic E-state index is 13.0. The molecule has 0 spiro atoms. The summed E-state index contributed by atoms with van der Waals surface area (Å²) >= 11 is 0. The van der Waals surface area contributed by atoms with Gasteiger partial charge in [0.1, 0.15) is 5.82 Å². The molecule has 4 rings (SSSR count).